The number of rotatable bonds is 5. The lowest BCUT2D eigenvalue weighted by atomic mass is 9.33. The molecule has 8 aromatic rings. The Kier molecular flexibility index (Phi) is 11.2. The molecule has 2 unspecified atom stereocenters. The second-order valence-electron chi connectivity index (χ2n) is 27.2. The van der Waals surface area contributed by atoms with Crippen LogP contribution in [0.2, 0.25) is 0 Å². The first-order valence-electron chi connectivity index (χ1n) is 27.9. The second-order valence-corrected chi connectivity index (χ2v) is 27.2. The van der Waals surface area contributed by atoms with E-state index in [0.29, 0.717) is 0 Å². The van der Waals surface area contributed by atoms with Gasteiger partial charge in [0, 0.05) is 50.7 Å². The Bertz CT molecular complexity index is 3430. The topological polar surface area (TPSA) is 9.72 Å². The van der Waals surface area contributed by atoms with Crippen molar-refractivity contribution in [3.8, 4) is 22.3 Å². The maximum atomic E-state index is 15.7. The standard InChI is InChI=1S/C71H75BFN3/c1-66(2,3)47-26-31-58(53(38-47)45-22-17-15-18-23-45)74-61-33-28-49(68(7,8)9)40-56(61)72-57-41-50(69(10,11)12)29-34-62(57)75(59-32-27-48(67(4,5)6)39-54(59)46-24-19-16-20-25-46)64-44-52(43-63(74)65(64)72)76-60-35-30-51(73)42-55(60)70(13)36-21-37-71(70,76)14/h15-20,22-35,38-44H,21,36-37H2,1-14H3. The summed E-state index contributed by atoms with van der Waals surface area (Å²) in [6.45, 7) is 32.7. The van der Waals surface area contributed by atoms with E-state index >= 15 is 4.39 Å². The Labute approximate surface area is 453 Å². The van der Waals surface area contributed by atoms with Crippen molar-refractivity contribution in [3.63, 3.8) is 0 Å². The summed E-state index contributed by atoms with van der Waals surface area (Å²) in [5.74, 6) is -0.173. The van der Waals surface area contributed by atoms with Gasteiger partial charge in [0.1, 0.15) is 5.82 Å². The first-order chi connectivity index (χ1) is 35.9. The Hall–Kier alpha value is -6.85. The summed E-state index contributed by atoms with van der Waals surface area (Å²) in [5, 5.41) is 0. The van der Waals surface area contributed by atoms with E-state index in [0.717, 1.165) is 59.0 Å². The molecular formula is C71H75BFN3. The fraction of sp³-hybridized carbons (Fsp3) is 0.324. The van der Waals surface area contributed by atoms with Crippen LogP contribution in [-0.4, -0.2) is 12.3 Å². The molecule has 8 aromatic carbocycles. The maximum Gasteiger partial charge on any atom is 0.252 e. The van der Waals surface area contributed by atoms with Gasteiger partial charge in [-0.2, -0.15) is 0 Å². The molecule has 1 aliphatic carbocycles. The summed E-state index contributed by atoms with van der Waals surface area (Å²) in [6.07, 6.45) is 3.08. The predicted molar refractivity (Wildman–Crippen MR) is 324 cm³/mol. The molecule has 0 spiro atoms. The average Bonchev–Trinajstić information content (AvgIpc) is 3.98. The highest BCUT2D eigenvalue weighted by molar-refractivity contribution is 7.00. The molecule has 76 heavy (non-hydrogen) atoms. The monoisotopic (exact) mass is 1000 g/mol. The van der Waals surface area contributed by atoms with Crippen LogP contribution in [0.5, 0.6) is 0 Å². The van der Waals surface area contributed by atoms with Gasteiger partial charge in [0.2, 0.25) is 0 Å². The first-order valence-corrected chi connectivity index (χ1v) is 27.9. The molecular weight excluding hydrogens is 925 g/mol. The number of halogens is 1. The zero-order chi connectivity index (χ0) is 53.6. The highest BCUT2D eigenvalue weighted by Gasteiger charge is 2.60. The summed E-state index contributed by atoms with van der Waals surface area (Å²) in [4.78, 5) is 7.89. The zero-order valence-corrected chi connectivity index (χ0v) is 47.5. The number of benzene rings is 8. The molecule has 1 fully saturated rings. The Morgan fingerprint density at radius 2 is 0.829 bits per heavy atom. The van der Waals surface area contributed by atoms with Crippen molar-refractivity contribution in [2.24, 2.45) is 0 Å². The van der Waals surface area contributed by atoms with E-state index in [4.69, 9.17) is 0 Å². The van der Waals surface area contributed by atoms with Crippen LogP contribution in [0.4, 0.5) is 49.9 Å². The van der Waals surface area contributed by atoms with Crippen molar-refractivity contribution in [1.29, 1.82) is 0 Å². The van der Waals surface area contributed by atoms with Crippen molar-refractivity contribution in [1.82, 2.24) is 0 Å². The van der Waals surface area contributed by atoms with Crippen molar-refractivity contribution in [3.05, 3.63) is 197 Å². The van der Waals surface area contributed by atoms with Gasteiger partial charge >= 0.3 is 0 Å². The molecule has 5 heteroatoms. The predicted octanol–water partition coefficient (Wildman–Crippen LogP) is 17.8. The Morgan fingerprint density at radius 1 is 0.421 bits per heavy atom. The number of hydrogen-bond donors (Lipinski definition) is 0. The molecule has 0 bridgehead atoms. The molecule has 4 aliphatic rings. The van der Waals surface area contributed by atoms with E-state index in [1.807, 2.05) is 6.07 Å². The number of nitrogens with zero attached hydrogens (tertiary/aromatic N) is 3. The van der Waals surface area contributed by atoms with Crippen molar-refractivity contribution < 1.29 is 4.39 Å². The molecule has 1 saturated carbocycles. The molecule has 0 aromatic heterocycles. The van der Waals surface area contributed by atoms with Crippen LogP contribution < -0.4 is 31.1 Å². The fourth-order valence-corrected chi connectivity index (χ4v) is 13.6. The van der Waals surface area contributed by atoms with E-state index in [2.05, 4.69) is 263 Å². The molecule has 0 saturated heterocycles. The van der Waals surface area contributed by atoms with Crippen LogP contribution in [0.15, 0.2) is 164 Å². The van der Waals surface area contributed by atoms with Crippen molar-refractivity contribution >= 4 is 68.6 Å². The lowest BCUT2D eigenvalue weighted by molar-refractivity contribution is 0.330. The van der Waals surface area contributed by atoms with Gasteiger partial charge in [-0.05, 0) is 163 Å². The van der Waals surface area contributed by atoms with Crippen LogP contribution in [-0.2, 0) is 27.1 Å². The van der Waals surface area contributed by atoms with Gasteiger partial charge in [-0.1, -0.05) is 193 Å². The van der Waals surface area contributed by atoms with Crippen LogP contribution in [0.25, 0.3) is 22.3 Å². The molecule has 3 nitrogen and oxygen atoms in total. The van der Waals surface area contributed by atoms with E-state index < -0.39 is 0 Å². The van der Waals surface area contributed by atoms with Crippen LogP contribution in [0.3, 0.4) is 0 Å². The maximum absolute atomic E-state index is 15.7. The van der Waals surface area contributed by atoms with Crippen LogP contribution in [0.1, 0.15) is 144 Å². The van der Waals surface area contributed by atoms with Gasteiger partial charge < -0.3 is 14.7 Å². The van der Waals surface area contributed by atoms with Gasteiger partial charge in [-0.25, -0.2) is 4.39 Å². The number of anilines is 8. The normalized spacial score (nSPS) is 18.8. The van der Waals surface area contributed by atoms with Crippen LogP contribution in [0, 0.1) is 5.82 Å². The molecule has 0 amide bonds. The summed E-state index contributed by atoms with van der Waals surface area (Å²) >= 11 is 0. The minimum atomic E-state index is -0.311. The summed E-state index contributed by atoms with van der Waals surface area (Å²) in [7, 11) is 0. The smallest absolute Gasteiger partial charge is 0.252 e. The second kappa shape index (κ2) is 17.1. The quantitative estimate of drug-likeness (QED) is 0.159. The third-order valence-electron chi connectivity index (χ3n) is 18.2. The minimum Gasteiger partial charge on any atom is -0.334 e. The van der Waals surface area contributed by atoms with Crippen molar-refractivity contribution in [2.45, 2.75) is 149 Å². The molecule has 0 radical (unpaired) electrons. The highest BCUT2D eigenvalue weighted by atomic mass is 19.1. The number of fused-ring (bicyclic) bond motifs is 7. The molecule has 3 heterocycles. The summed E-state index contributed by atoms with van der Waals surface area (Å²) in [5.41, 5.74) is 23.3. The minimum absolute atomic E-state index is 0.0758. The van der Waals surface area contributed by atoms with Crippen LogP contribution >= 0.6 is 0 Å². The third kappa shape index (κ3) is 7.72. The van der Waals surface area contributed by atoms with E-state index in [1.54, 1.807) is 6.07 Å². The van der Waals surface area contributed by atoms with E-state index in [9.17, 15) is 0 Å². The Morgan fingerprint density at radius 3 is 1.26 bits per heavy atom. The summed E-state index contributed by atoms with van der Waals surface area (Å²) < 4.78 is 15.7. The molecule has 3 aliphatic heterocycles. The summed E-state index contributed by atoms with van der Waals surface area (Å²) in [6, 6.07) is 61.8. The molecule has 384 valence electrons. The van der Waals surface area contributed by atoms with Gasteiger partial charge in [-0.3, -0.25) is 0 Å². The lowest BCUT2D eigenvalue weighted by Gasteiger charge is -2.47. The lowest BCUT2D eigenvalue weighted by Crippen LogP contribution is -2.62. The van der Waals surface area contributed by atoms with Gasteiger partial charge in [0.05, 0.1) is 16.9 Å². The highest BCUT2D eigenvalue weighted by Crippen LogP contribution is 2.63. The van der Waals surface area contributed by atoms with Gasteiger partial charge in [-0.15, -0.1) is 0 Å². The van der Waals surface area contributed by atoms with Crippen molar-refractivity contribution in [2.75, 3.05) is 14.7 Å². The zero-order valence-electron chi connectivity index (χ0n) is 47.5. The largest absolute Gasteiger partial charge is 0.334 e. The molecule has 2 atom stereocenters. The van der Waals surface area contributed by atoms with Gasteiger partial charge in [0.25, 0.3) is 6.71 Å². The molecule has 12 rings (SSSR count). The van der Waals surface area contributed by atoms with E-state index in [-0.39, 0.29) is 45.1 Å². The average molecular weight is 1000 g/mol. The van der Waals surface area contributed by atoms with E-state index in [1.165, 1.54) is 72.3 Å². The van der Waals surface area contributed by atoms with Gasteiger partial charge in [0.15, 0.2) is 0 Å². The first kappa shape index (κ1) is 50.0. The number of hydrogen-bond acceptors (Lipinski definition) is 3. The third-order valence-corrected chi connectivity index (χ3v) is 18.2. The Balaban J connectivity index is 1.27. The molecule has 0 N–H and O–H groups in total. The fourth-order valence-electron chi connectivity index (χ4n) is 13.6. The SMILES string of the molecule is CC(C)(C)c1ccc2c(c1)B1c3cc(C(C)(C)C)ccc3N(c3ccc(C(C)(C)C)cc3-c3ccccc3)c3cc(N4c5ccc(F)cc5C5(C)CCCC45C)cc(c31)N2c1ccc(C(C)(C)C)cc1-c1ccccc1.